The number of hydrogen-bond acceptors (Lipinski definition) is 1. The molecule has 0 aromatic heterocycles. The van der Waals surface area contributed by atoms with Gasteiger partial charge in [0.2, 0.25) is 0 Å². The van der Waals surface area contributed by atoms with Gasteiger partial charge in [-0.05, 0) is 19.3 Å². The van der Waals surface area contributed by atoms with Gasteiger partial charge >= 0.3 is 0 Å². The molecule has 0 saturated carbocycles. The molecule has 0 aromatic carbocycles. The van der Waals surface area contributed by atoms with Crippen molar-refractivity contribution in [2.24, 2.45) is 0 Å². The molecule has 0 amide bonds. The maximum Gasteiger partial charge on any atom is 0.0466 e. The molecule has 0 aliphatic rings. The fourth-order valence-electron chi connectivity index (χ4n) is 4.38. The van der Waals surface area contributed by atoms with Crippen molar-refractivity contribution < 1.29 is 4.74 Å². The van der Waals surface area contributed by atoms with Crippen molar-refractivity contribution >= 4 is 0 Å². The summed E-state index contributed by atoms with van der Waals surface area (Å²) in [6.07, 6.45) is 37.6. The van der Waals surface area contributed by atoms with Gasteiger partial charge in [-0.1, -0.05) is 162 Å². The molecule has 187 valence electrons. The van der Waals surface area contributed by atoms with Crippen LogP contribution >= 0.6 is 0 Å². The largest absolute Gasteiger partial charge is 0.381 e. The van der Waals surface area contributed by atoms with Crippen LogP contribution in [0.15, 0.2) is 0 Å². The van der Waals surface area contributed by atoms with Gasteiger partial charge in [0.05, 0.1) is 0 Å². The Balaban J connectivity index is 2.98. The molecule has 1 radical (unpaired) electrons. The first-order valence-corrected chi connectivity index (χ1v) is 14.8. The van der Waals surface area contributed by atoms with Gasteiger partial charge in [0.15, 0.2) is 0 Å². The number of ether oxygens (including phenoxy) is 1. The zero-order chi connectivity index (χ0) is 22.5. The van der Waals surface area contributed by atoms with Crippen LogP contribution < -0.4 is 0 Å². The summed E-state index contributed by atoms with van der Waals surface area (Å²) in [7, 11) is 0. The van der Waals surface area contributed by atoms with E-state index in [1.165, 1.54) is 161 Å². The minimum absolute atomic E-state index is 0.987. The maximum absolute atomic E-state index is 5.80. The zero-order valence-corrected chi connectivity index (χ0v) is 22.1. The lowest BCUT2D eigenvalue weighted by Gasteiger charge is -2.05. The molecular formula is C30H61O. The molecule has 0 aliphatic heterocycles. The Bertz CT molecular complexity index is 260. The highest BCUT2D eigenvalue weighted by Crippen LogP contribution is 2.14. The molecule has 31 heavy (non-hydrogen) atoms. The number of unbranched alkanes of at least 4 members (excludes halogenated alkanes) is 24. The predicted molar refractivity (Wildman–Crippen MR) is 142 cm³/mol. The van der Waals surface area contributed by atoms with Crippen molar-refractivity contribution in [3.63, 3.8) is 0 Å². The first-order valence-electron chi connectivity index (χ1n) is 14.8. The molecule has 0 N–H and O–H groups in total. The highest BCUT2D eigenvalue weighted by atomic mass is 16.5. The average Bonchev–Trinajstić information content (AvgIpc) is 2.78. The van der Waals surface area contributed by atoms with Crippen molar-refractivity contribution in [1.82, 2.24) is 0 Å². The molecule has 0 heterocycles. The van der Waals surface area contributed by atoms with E-state index in [0.29, 0.717) is 0 Å². The van der Waals surface area contributed by atoms with Crippen LogP contribution in [0.25, 0.3) is 0 Å². The minimum atomic E-state index is 0.987. The van der Waals surface area contributed by atoms with Crippen LogP contribution in [0.5, 0.6) is 0 Å². The SMILES string of the molecule is CCCCCCCCCCCC[CH]CCCCCCCOCCCCCCCCCC. The van der Waals surface area contributed by atoms with Crippen LogP contribution in [0.2, 0.25) is 0 Å². The van der Waals surface area contributed by atoms with Crippen molar-refractivity contribution in [3.05, 3.63) is 6.42 Å². The second kappa shape index (κ2) is 30.0. The Hall–Kier alpha value is -0.0400. The van der Waals surface area contributed by atoms with Crippen LogP contribution in [0.3, 0.4) is 0 Å². The van der Waals surface area contributed by atoms with Gasteiger partial charge in [0, 0.05) is 13.2 Å². The maximum atomic E-state index is 5.80. The summed E-state index contributed by atoms with van der Waals surface area (Å²) in [6.45, 7) is 6.56. The van der Waals surface area contributed by atoms with E-state index in [1.807, 2.05) is 0 Å². The zero-order valence-electron chi connectivity index (χ0n) is 22.1. The third-order valence-corrected chi connectivity index (χ3v) is 6.60. The summed E-state index contributed by atoms with van der Waals surface area (Å²) in [6, 6.07) is 0. The van der Waals surface area contributed by atoms with Crippen LogP contribution in [0, 0.1) is 6.42 Å². The highest BCUT2D eigenvalue weighted by Gasteiger charge is 1.96. The fourth-order valence-corrected chi connectivity index (χ4v) is 4.38. The molecule has 1 nitrogen and oxygen atoms in total. The van der Waals surface area contributed by atoms with Gasteiger partial charge in [-0.25, -0.2) is 0 Å². The summed E-state index contributed by atoms with van der Waals surface area (Å²) in [4.78, 5) is 0. The Morgan fingerprint density at radius 1 is 0.355 bits per heavy atom. The predicted octanol–water partition coefficient (Wildman–Crippen LogP) is 11.0. The monoisotopic (exact) mass is 437 g/mol. The van der Waals surface area contributed by atoms with Crippen LogP contribution in [0.1, 0.15) is 174 Å². The van der Waals surface area contributed by atoms with Crippen LogP contribution in [-0.2, 0) is 4.74 Å². The van der Waals surface area contributed by atoms with E-state index in [0.717, 1.165) is 13.2 Å². The number of rotatable bonds is 28. The summed E-state index contributed by atoms with van der Waals surface area (Å²) >= 11 is 0. The van der Waals surface area contributed by atoms with E-state index in [-0.39, 0.29) is 0 Å². The Kier molecular flexibility index (Phi) is 29.9. The highest BCUT2D eigenvalue weighted by molar-refractivity contribution is 4.64. The fraction of sp³-hybridized carbons (Fsp3) is 0.967. The quantitative estimate of drug-likeness (QED) is 0.111. The van der Waals surface area contributed by atoms with Crippen molar-refractivity contribution in [2.45, 2.75) is 174 Å². The van der Waals surface area contributed by atoms with E-state index in [2.05, 4.69) is 20.3 Å². The first-order chi connectivity index (χ1) is 15.4. The standard InChI is InChI=1S/C30H61O/c1-3-5-7-9-11-13-14-15-16-17-18-19-20-21-22-24-26-28-30-31-29-27-25-23-12-10-8-6-4-2/h19H,3-18,20-30H2,1-2H3. The smallest absolute Gasteiger partial charge is 0.0466 e. The number of hydrogen-bond donors (Lipinski definition) is 0. The van der Waals surface area contributed by atoms with E-state index in [1.54, 1.807) is 0 Å². The summed E-state index contributed by atoms with van der Waals surface area (Å²) in [5, 5.41) is 0. The van der Waals surface area contributed by atoms with E-state index in [4.69, 9.17) is 4.74 Å². The van der Waals surface area contributed by atoms with Crippen LogP contribution in [-0.4, -0.2) is 13.2 Å². The van der Waals surface area contributed by atoms with Gasteiger partial charge in [-0.2, -0.15) is 0 Å². The Morgan fingerprint density at radius 2 is 0.645 bits per heavy atom. The molecule has 0 aliphatic carbocycles. The molecule has 0 aromatic rings. The average molecular weight is 438 g/mol. The van der Waals surface area contributed by atoms with E-state index < -0.39 is 0 Å². The molecule has 0 saturated heterocycles. The normalized spacial score (nSPS) is 11.4. The first kappa shape index (κ1) is 31.0. The lowest BCUT2D eigenvalue weighted by Crippen LogP contribution is -1.97. The van der Waals surface area contributed by atoms with Gasteiger partial charge in [0.1, 0.15) is 0 Å². The third-order valence-electron chi connectivity index (χ3n) is 6.60. The van der Waals surface area contributed by atoms with Crippen molar-refractivity contribution in [2.75, 3.05) is 13.2 Å². The van der Waals surface area contributed by atoms with Gasteiger partial charge in [-0.15, -0.1) is 0 Å². The Morgan fingerprint density at radius 3 is 1.00 bits per heavy atom. The van der Waals surface area contributed by atoms with Gasteiger partial charge in [-0.3, -0.25) is 0 Å². The van der Waals surface area contributed by atoms with Gasteiger partial charge in [0.25, 0.3) is 0 Å². The van der Waals surface area contributed by atoms with Crippen LogP contribution in [0.4, 0.5) is 0 Å². The second-order valence-corrected chi connectivity index (χ2v) is 9.90. The van der Waals surface area contributed by atoms with Crippen molar-refractivity contribution in [3.8, 4) is 0 Å². The summed E-state index contributed by atoms with van der Waals surface area (Å²) < 4.78 is 5.80. The molecular weight excluding hydrogens is 376 g/mol. The molecule has 1 heteroatoms. The molecule has 0 fully saturated rings. The van der Waals surface area contributed by atoms with E-state index >= 15 is 0 Å². The summed E-state index contributed by atoms with van der Waals surface area (Å²) in [5.74, 6) is 0. The second-order valence-electron chi connectivity index (χ2n) is 9.90. The third kappa shape index (κ3) is 30.0. The Labute approximate surface area is 198 Å². The topological polar surface area (TPSA) is 9.23 Å². The molecule has 0 atom stereocenters. The molecule has 0 unspecified atom stereocenters. The molecule has 0 bridgehead atoms. The van der Waals surface area contributed by atoms with Crippen molar-refractivity contribution in [1.29, 1.82) is 0 Å². The van der Waals surface area contributed by atoms with Gasteiger partial charge < -0.3 is 4.74 Å². The lowest BCUT2D eigenvalue weighted by atomic mass is 10.0. The lowest BCUT2D eigenvalue weighted by molar-refractivity contribution is 0.125. The van der Waals surface area contributed by atoms with E-state index in [9.17, 15) is 0 Å². The summed E-state index contributed by atoms with van der Waals surface area (Å²) in [5.41, 5.74) is 0. The minimum Gasteiger partial charge on any atom is -0.381 e. The molecule has 0 rings (SSSR count). The molecule has 0 spiro atoms.